The first-order valence-electron chi connectivity index (χ1n) is 10.8. The second-order valence-electron chi connectivity index (χ2n) is 9.00. The summed E-state index contributed by atoms with van der Waals surface area (Å²) in [5.74, 6) is 4.91. The highest BCUT2D eigenvalue weighted by Gasteiger charge is 2.54. The first-order valence-corrected chi connectivity index (χ1v) is 10.8. The largest absolute Gasteiger partial charge is 0.497 e. The Morgan fingerprint density at radius 3 is 2.31 bits per heavy atom. The lowest BCUT2D eigenvalue weighted by Crippen LogP contribution is -2.44. The molecule has 146 valence electrons. The van der Waals surface area contributed by atoms with Gasteiger partial charge in [0.05, 0.1) is 25.7 Å². The first-order chi connectivity index (χ1) is 12.6. The molecule has 0 heterocycles. The molecule has 0 radical (unpaired) electrons. The molecule has 5 atom stereocenters. The molecule has 1 N–H and O–H groups in total. The second-order valence-corrected chi connectivity index (χ2v) is 9.00. The SMILES string of the molecule is CCC1(CC)C(OC)=C(OC)CC2=C1[C@H]1CC[C@H]3[C@@H](CC[C@@H]3O)[C@@H]1CC2. The Morgan fingerprint density at radius 2 is 1.65 bits per heavy atom. The summed E-state index contributed by atoms with van der Waals surface area (Å²) < 4.78 is 11.8. The minimum atomic E-state index is -0.0423. The highest BCUT2D eigenvalue weighted by atomic mass is 16.5. The highest BCUT2D eigenvalue weighted by Crippen LogP contribution is 2.62. The average molecular weight is 361 g/mol. The molecule has 2 fully saturated rings. The van der Waals surface area contributed by atoms with Gasteiger partial charge < -0.3 is 14.6 Å². The van der Waals surface area contributed by atoms with Crippen molar-refractivity contribution in [2.45, 2.75) is 77.7 Å². The van der Waals surface area contributed by atoms with E-state index >= 15 is 0 Å². The molecular weight excluding hydrogens is 324 g/mol. The summed E-state index contributed by atoms with van der Waals surface area (Å²) in [6, 6.07) is 0. The molecule has 3 heteroatoms. The van der Waals surface area contributed by atoms with E-state index in [0.29, 0.717) is 11.8 Å². The third kappa shape index (κ3) is 2.42. The first kappa shape index (κ1) is 18.4. The van der Waals surface area contributed by atoms with Crippen molar-refractivity contribution in [1.29, 1.82) is 0 Å². The summed E-state index contributed by atoms with van der Waals surface area (Å²) in [6.07, 6.45) is 10.3. The molecule has 0 amide bonds. The van der Waals surface area contributed by atoms with Crippen LogP contribution in [-0.4, -0.2) is 25.4 Å². The Balaban J connectivity index is 1.76. The van der Waals surface area contributed by atoms with E-state index in [-0.39, 0.29) is 11.5 Å². The molecular formula is C23H36O3. The number of fused-ring (bicyclic) bond motifs is 4. The Labute approximate surface area is 158 Å². The second kappa shape index (κ2) is 6.89. The molecule has 0 saturated heterocycles. The molecule has 0 aliphatic heterocycles. The molecule has 26 heavy (non-hydrogen) atoms. The smallest absolute Gasteiger partial charge is 0.144 e. The highest BCUT2D eigenvalue weighted by molar-refractivity contribution is 5.42. The van der Waals surface area contributed by atoms with Gasteiger partial charge in [0, 0.05) is 6.42 Å². The van der Waals surface area contributed by atoms with Crippen LogP contribution in [0.1, 0.15) is 71.6 Å². The quantitative estimate of drug-likeness (QED) is 0.700. The Bertz CT molecular complexity index is 613. The van der Waals surface area contributed by atoms with Crippen LogP contribution in [0.2, 0.25) is 0 Å². The number of allylic oxidation sites excluding steroid dienone is 2. The van der Waals surface area contributed by atoms with Crippen LogP contribution in [0.4, 0.5) is 0 Å². The predicted molar refractivity (Wildman–Crippen MR) is 103 cm³/mol. The van der Waals surface area contributed by atoms with Crippen LogP contribution < -0.4 is 0 Å². The summed E-state index contributed by atoms with van der Waals surface area (Å²) >= 11 is 0. The Hall–Kier alpha value is -0.960. The van der Waals surface area contributed by atoms with Gasteiger partial charge in [0.25, 0.3) is 0 Å². The third-order valence-corrected chi connectivity index (χ3v) is 8.48. The summed E-state index contributed by atoms with van der Waals surface area (Å²) in [5, 5.41) is 10.4. The minimum Gasteiger partial charge on any atom is -0.497 e. The average Bonchev–Trinajstić information content (AvgIpc) is 3.07. The lowest BCUT2D eigenvalue weighted by Gasteiger charge is -2.53. The number of aliphatic hydroxyl groups excluding tert-OH is 1. The standard InChI is InChI=1S/C23H36O3/c1-5-23(6-2)21-14(13-20(25-3)22(23)26-4)7-8-16-15-11-12-19(24)17(15)9-10-18(16)21/h15-19,24H,5-13H2,1-4H3/t15-,16-,17-,18-,19-/m0/s1. The van der Waals surface area contributed by atoms with Crippen LogP contribution in [0.5, 0.6) is 0 Å². The van der Waals surface area contributed by atoms with Crippen molar-refractivity contribution < 1.29 is 14.6 Å². The van der Waals surface area contributed by atoms with Crippen LogP contribution in [0, 0.1) is 29.1 Å². The van der Waals surface area contributed by atoms with Gasteiger partial charge in [-0.3, -0.25) is 0 Å². The van der Waals surface area contributed by atoms with Crippen molar-refractivity contribution in [3.8, 4) is 0 Å². The van der Waals surface area contributed by atoms with Crippen molar-refractivity contribution in [2.24, 2.45) is 29.1 Å². The fourth-order valence-electron chi connectivity index (χ4n) is 7.38. The maximum absolute atomic E-state index is 10.4. The monoisotopic (exact) mass is 360 g/mol. The van der Waals surface area contributed by atoms with Gasteiger partial charge in [0.15, 0.2) is 0 Å². The van der Waals surface area contributed by atoms with Gasteiger partial charge in [0.2, 0.25) is 0 Å². The topological polar surface area (TPSA) is 38.7 Å². The van der Waals surface area contributed by atoms with Crippen LogP contribution >= 0.6 is 0 Å². The van der Waals surface area contributed by atoms with E-state index < -0.39 is 0 Å². The molecule has 4 rings (SSSR count). The molecule has 2 saturated carbocycles. The molecule has 0 aromatic heterocycles. The van der Waals surface area contributed by atoms with Gasteiger partial charge in [-0.15, -0.1) is 0 Å². The van der Waals surface area contributed by atoms with Crippen LogP contribution in [-0.2, 0) is 9.47 Å². The fraction of sp³-hybridized carbons (Fsp3) is 0.826. The number of methoxy groups -OCH3 is 2. The normalized spacial score (nSPS) is 38.6. The molecule has 0 spiro atoms. The summed E-state index contributed by atoms with van der Waals surface area (Å²) in [6.45, 7) is 4.64. The van der Waals surface area contributed by atoms with Crippen molar-refractivity contribution in [2.75, 3.05) is 14.2 Å². The van der Waals surface area contributed by atoms with Crippen LogP contribution in [0.15, 0.2) is 22.7 Å². The Kier molecular flexibility index (Phi) is 4.88. The maximum Gasteiger partial charge on any atom is 0.144 e. The number of ether oxygens (including phenoxy) is 2. The summed E-state index contributed by atoms with van der Waals surface area (Å²) in [4.78, 5) is 0. The van der Waals surface area contributed by atoms with E-state index in [9.17, 15) is 5.11 Å². The van der Waals surface area contributed by atoms with Gasteiger partial charge >= 0.3 is 0 Å². The van der Waals surface area contributed by atoms with E-state index in [1.165, 1.54) is 32.1 Å². The molecule has 4 aliphatic rings. The van der Waals surface area contributed by atoms with E-state index in [2.05, 4.69) is 13.8 Å². The fourth-order valence-corrected chi connectivity index (χ4v) is 7.38. The van der Waals surface area contributed by atoms with Crippen LogP contribution in [0.3, 0.4) is 0 Å². The molecule has 0 unspecified atom stereocenters. The van der Waals surface area contributed by atoms with Gasteiger partial charge in [-0.1, -0.05) is 25.0 Å². The lowest BCUT2D eigenvalue weighted by atomic mass is 9.53. The molecule has 0 aromatic rings. The molecule has 4 aliphatic carbocycles. The molecule has 0 aromatic carbocycles. The molecule has 3 nitrogen and oxygen atoms in total. The van der Waals surface area contributed by atoms with Crippen molar-refractivity contribution >= 4 is 0 Å². The number of rotatable bonds is 4. The number of hydrogen-bond acceptors (Lipinski definition) is 3. The zero-order valence-electron chi connectivity index (χ0n) is 17.0. The zero-order chi connectivity index (χ0) is 18.5. The molecule has 0 bridgehead atoms. The minimum absolute atomic E-state index is 0.0150. The third-order valence-electron chi connectivity index (χ3n) is 8.48. The van der Waals surface area contributed by atoms with Crippen LogP contribution in [0.25, 0.3) is 0 Å². The summed E-state index contributed by atoms with van der Waals surface area (Å²) in [7, 11) is 3.62. The van der Waals surface area contributed by atoms with E-state index in [0.717, 1.165) is 49.0 Å². The predicted octanol–water partition coefficient (Wildman–Crippen LogP) is 5.20. The van der Waals surface area contributed by atoms with Gasteiger partial charge in [0.1, 0.15) is 11.5 Å². The zero-order valence-corrected chi connectivity index (χ0v) is 17.0. The van der Waals surface area contributed by atoms with E-state index in [1.54, 1.807) is 18.3 Å². The maximum atomic E-state index is 10.4. The van der Waals surface area contributed by atoms with Crippen molar-refractivity contribution in [3.63, 3.8) is 0 Å². The lowest BCUT2D eigenvalue weighted by molar-refractivity contribution is 0.0314. The number of hydrogen-bond donors (Lipinski definition) is 1. The van der Waals surface area contributed by atoms with E-state index in [1.807, 2.05) is 7.11 Å². The van der Waals surface area contributed by atoms with Crippen molar-refractivity contribution in [1.82, 2.24) is 0 Å². The summed E-state index contributed by atoms with van der Waals surface area (Å²) in [5.41, 5.74) is 3.38. The van der Waals surface area contributed by atoms with Gasteiger partial charge in [-0.2, -0.15) is 0 Å². The Morgan fingerprint density at radius 1 is 0.923 bits per heavy atom. The van der Waals surface area contributed by atoms with Crippen molar-refractivity contribution in [3.05, 3.63) is 22.7 Å². The number of aliphatic hydroxyl groups is 1. The van der Waals surface area contributed by atoms with E-state index in [4.69, 9.17) is 9.47 Å². The van der Waals surface area contributed by atoms with Gasteiger partial charge in [-0.25, -0.2) is 0 Å². The van der Waals surface area contributed by atoms with Gasteiger partial charge in [-0.05, 0) is 75.0 Å².